The molecule has 2 amide bonds. The molecule has 0 saturated carbocycles. The van der Waals surface area contributed by atoms with Crippen molar-refractivity contribution < 1.29 is 19.1 Å². The average molecular weight is 433 g/mol. The Balaban J connectivity index is 1.59. The largest absolute Gasteiger partial charge is 0.465 e. The zero-order valence-electron chi connectivity index (χ0n) is 16.7. The van der Waals surface area contributed by atoms with Gasteiger partial charge in [0, 0.05) is 4.88 Å². The highest BCUT2D eigenvalue weighted by Gasteiger charge is 2.27. The predicted octanol–water partition coefficient (Wildman–Crippen LogP) is 4.03. The second-order valence-electron chi connectivity index (χ2n) is 6.77. The molecule has 0 spiro atoms. The molecule has 2 heterocycles. The number of nitrogens with zero attached hydrogens (tertiary/aromatic N) is 2. The lowest BCUT2D eigenvalue weighted by atomic mass is 10.1. The number of aliphatic imine (C=N–C) groups is 1. The summed E-state index contributed by atoms with van der Waals surface area (Å²) >= 11 is 1.51. The fourth-order valence-corrected chi connectivity index (χ4v) is 4.03. The maximum absolute atomic E-state index is 13.1. The van der Waals surface area contributed by atoms with Gasteiger partial charge in [0.1, 0.15) is 6.54 Å². The summed E-state index contributed by atoms with van der Waals surface area (Å²) < 4.78 is 4.77. The summed E-state index contributed by atoms with van der Waals surface area (Å²) in [5, 5.41) is 4.65. The SMILES string of the molecule is COC(=O)c1ccccc1NC(=O)CN1C(=O)CC(c2cccs2)=Nc2ccccc21. The van der Waals surface area contributed by atoms with Crippen molar-refractivity contribution >= 4 is 51.9 Å². The van der Waals surface area contributed by atoms with Gasteiger partial charge in [0.15, 0.2) is 0 Å². The van der Waals surface area contributed by atoms with E-state index >= 15 is 0 Å². The fourth-order valence-electron chi connectivity index (χ4n) is 3.32. The zero-order valence-corrected chi connectivity index (χ0v) is 17.5. The Morgan fingerprint density at radius 3 is 2.65 bits per heavy atom. The molecule has 1 aliphatic heterocycles. The van der Waals surface area contributed by atoms with Gasteiger partial charge in [0.25, 0.3) is 0 Å². The second kappa shape index (κ2) is 8.93. The molecular formula is C23H19N3O4S. The number of thiophene rings is 1. The van der Waals surface area contributed by atoms with E-state index in [0.717, 1.165) is 4.88 Å². The molecule has 2 aromatic carbocycles. The van der Waals surface area contributed by atoms with Crippen molar-refractivity contribution in [2.24, 2.45) is 4.99 Å². The van der Waals surface area contributed by atoms with Gasteiger partial charge in [-0.3, -0.25) is 9.59 Å². The van der Waals surface area contributed by atoms with E-state index in [1.165, 1.54) is 23.3 Å². The molecule has 0 fully saturated rings. The third-order valence-corrected chi connectivity index (χ3v) is 5.68. The van der Waals surface area contributed by atoms with Crippen LogP contribution in [0, 0.1) is 0 Å². The van der Waals surface area contributed by atoms with Crippen LogP contribution < -0.4 is 10.2 Å². The van der Waals surface area contributed by atoms with Crippen LogP contribution in [0.3, 0.4) is 0 Å². The van der Waals surface area contributed by atoms with E-state index in [1.54, 1.807) is 36.4 Å². The first-order chi connectivity index (χ1) is 15.1. The summed E-state index contributed by atoms with van der Waals surface area (Å²) in [6.07, 6.45) is 0.0845. The molecule has 0 bridgehead atoms. The van der Waals surface area contributed by atoms with Gasteiger partial charge in [-0.05, 0) is 35.7 Å². The van der Waals surface area contributed by atoms with Gasteiger partial charge in [-0.2, -0.15) is 0 Å². The number of ether oxygens (including phenoxy) is 1. The molecule has 156 valence electrons. The molecule has 1 aromatic heterocycles. The first-order valence-electron chi connectivity index (χ1n) is 9.55. The third-order valence-electron chi connectivity index (χ3n) is 4.76. The van der Waals surface area contributed by atoms with Crippen molar-refractivity contribution in [1.29, 1.82) is 0 Å². The number of carbonyl (C=O) groups excluding carboxylic acids is 3. The number of carbonyl (C=O) groups is 3. The van der Waals surface area contributed by atoms with Gasteiger partial charge < -0.3 is 15.0 Å². The molecule has 0 atom stereocenters. The van der Waals surface area contributed by atoms with Crippen molar-refractivity contribution in [3.63, 3.8) is 0 Å². The molecule has 3 aromatic rings. The van der Waals surface area contributed by atoms with Crippen molar-refractivity contribution in [1.82, 2.24) is 0 Å². The zero-order chi connectivity index (χ0) is 21.8. The summed E-state index contributed by atoms with van der Waals surface area (Å²) in [4.78, 5) is 44.9. The Hall–Kier alpha value is -3.78. The molecular weight excluding hydrogens is 414 g/mol. The first kappa shape index (κ1) is 20.5. The lowest BCUT2D eigenvalue weighted by Crippen LogP contribution is -2.38. The summed E-state index contributed by atoms with van der Waals surface area (Å²) in [6, 6.07) is 17.6. The van der Waals surface area contributed by atoms with Crippen molar-refractivity contribution in [3.8, 4) is 0 Å². The quantitative estimate of drug-likeness (QED) is 0.616. The summed E-state index contributed by atoms with van der Waals surface area (Å²) in [5.74, 6) is -1.21. The van der Waals surface area contributed by atoms with Crippen molar-refractivity contribution in [2.45, 2.75) is 6.42 Å². The number of nitrogens with one attached hydrogen (secondary N) is 1. The number of hydrogen-bond donors (Lipinski definition) is 1. The van der Waals surface area contributed by atoms with Crippen LogP contribution in [0.5, 0.6) is 0 Å². The van der Waals surface area contributed by atoms with Gasteiger partial charge in [-0.25, -0.2) is 9.79 Å². The number of anilines is 2. The molecule has 0 saturated heterocycles. The van der Waals surface area contributed by atoms with Gasteiger partial charge in [-0.1, -0.05) is 30.3 Å². The smallest absolute Gasteiger partial charge is 0.339 e. The lowest BCUT2D eigenvalue weighted by Gasteiger charge is -2.22. The number of methoxy groups -OCH3 is 1. The lowest BCUT2D eigenvalue weighted by molar-refractivity contribution is -0.120. The van der Waals surface area contributed by atoms with Crippen LogP contribution in [0.25, 0.3) is 0 Å². The molecule has 4 rings (SSSR count). The Labute approximate surface area is 183 Å². The summed E-state index contributed by atoms with van der Waals surface area (Å²) in [7, 11) is 1.28. The van der Waals surface area contributed by atoms with E-state index in [9.17, 15) is 14.4 Å². The molecule has 0 aliphatic carbocycles. The number of benzene rings is 2. The molecule has 31 heavy (non-hydrogen) atoms. The number of fused-ring (bicyclic) bond motifs is 1. The Bertz CT molecular complexity index is 1170. The van der Waals surface area contributed by atoms with Gasteiger partial charge in [-0.15, -0.1) is 11.3 Å². The second-order valence-corrected chi connectivity index (χ2v) is 7.71. The minimum Gasteiger partial charge on any atom is -0.465 e. The van der Waals surface area contributed by atoms with Gasteiger partial charge in [0.05, 0.1) is 41.9 Å². The van der Waals surface area contributed by atoms with E-state index in [4.69, 9.17) is 9.73 Å². The maximum atomic E-state index is 13.1. The first-order valence-corrected chi connectivity index (χ1v) is 10.4. The molecule has 0 radical (unpaired) electrons. The highest BCUT2D eigenvalue weighted by atomic mass is 32.1. The molecule has 1 aliphatic rings. The van der Waals surface area contributed by atoms with Crippen LogP contribution >= 0.6 is 11.3 Å². The average Bonchev–Trinajstić information content (AvgIpc) is 3.28. The fraction of sp³-hybridized carbons (Fsp3) is 0.130. The highest BCUT2D eigenvalue weighted by Crippen LogP contribution is 2.33. The normalized spacial score (nSPS) is 13.1. The van der Waals surface area contributed by atoms with E-state index in [-0.39, 0.29) is 24.4 Å². The van der Waals surface area contributed by atoms with Crippen LogP contribution in [0.1, 0.15) is 21.7 Å². The van der Waals surface area contributed by atoms with E-state index in [2.05, 4.69) is 5.32 Å². The monoisotopic (exact) mass is 433 g/mol. The van der Waals surface area contributed by atoms with Gasteiger partial charge >= 0.3 is 5.97 Å². The highest BCUT2D eigenvalue weighted by molar-refractivity contribution is 7.12. The standard InChI is InChI=1S/C23H19N3O4S/c1-30-23(29)15-7-2-3-8-16(15)25-21(27)14-26-19-10-5-4-9-17(19)24-18(13-22(26)28)20-11-6-12-31-20/h2-12H,13-14H2,1H3,(H,25,27). The van der Waals surface area contributed by atoms with Crippen LogP contribution in [-0.2, 0) is 14.3 Å². The third kappa shape index (κ3) is 4.39. The topological polar surface area (TPSA) is 88.1 Å². The summed E-state index contributed by atoms with van der Waals surface area (Å²) in [6.45, 7) is -0.210. The maximum Gasteiger partial charge on any atom is 0.339 e. The number of para-hydroxylation sites is 3. The number of rotatable bonds is 5. The molecule has 0 unspecified atom stereocenters. The van der Waals surface area contributed by atoms with Crippen LogP contribution in [0.4, 0.5) is 17.1 Å². The number of hydrogen-bond acceptors (Lipinski definition) is 6. The molecule has 1 N–H and O–H groups in total. The van der Waals surface area contributed by atoms with Crippen molar-refractivity contribution in [3.05, 3.63) is 76.5 Å². The number of esters is 1. The van der Waals surface area contributed by atoms with E-state index in [0.29, 0.717) is 22.8 Å². The van der Waals surface area contributed by atoms with Crippen LogP contribution in [-0.4, -0.2) is 37.1 Å². The molecule has 7 nitrogen and oxygen atoms in total. The van der Waals surface area contributed by atoms with Crippen LogP contribution in [0.2, 0.25) is 0 Å². The van der Waals surface area contributed by atoms with E-state index < -0.39 is 11.9 Å². The minimum atomic E-state index is -0.555. The van der Waals surface area contributed by atoms with E-state index in [1.807, 2.05) is 29.6 Å². The predicted molar refractivity (Wildman–Crippen MR) is 120 cm³/mol. The minimum absolute atomic E-state index is 0.0845. The number of amides is 2. The van der Waals surface area contributed by atoms with Gasteiger partial charge in [0.2, 0.25) is 11.8 Å². The Kier molecular flexibility index (Phi) is 5.90. The molecule has 8 heteroatoms. The Morgan fingerprint density at radius 2 is 1.87 bits per heavy atom. The Morgan fingerprint density at radius 1 is 1.10 bits per heavy atom. The summed E-state index contributed by atoms with van der Waals surface area (Å²) in [5.41, 5.74) is 2.43. The van der Waals surface area contributed by atoms with Crippen molar-refractivity contribution in [2.75, 3.05) is 23.9 Å². The van der Waals surface area contributed by atoms with Crippen LogP contribution in [0.15, 0.2) is 71.0 Å².